The SMILES string of the molecule is CCCO[C@H]1CCC[C@H](NC(=O)c2nccc(OC)c2OC(=O)CCOC)C(=O)O[C@@H](C)[C@@H]1Oc1ccccc1. The summed E-state index contributed by atoms with van der Waals surface area (Å²) >= 11 is 0. The highest BCUT2D eigenvalue weighted by Crippen LogP contribution is 2.30. The molecule has 1 amide bonds. The van der Waals surface area contributed by atoms with Crippen molar-refractivity contribution in [2.45, 2.75) is 70.3 Å². The number of hydrogen-bond donors (Lipinski definition) is 1. The summed E-state index contributed by atoms with van der Waals surface area (Å²) in [6, 6.07) is 9.79. The third kappa shape index (κ3) is 8.65. The molecule has 1 N–H and O–H groups in total. The molecule has 11 heteroatoms. The molecule has 0 saturated carbocycles. The number of carbonyl (C=O) groups is 3. The van der Waals surface area contributed by atoms with Gasteiger partial charge in [-0.25, -0.2) is 9.78 Å². The summed E-state index contributed by atoms with van der Waals surface area (Å²) in [6.45, 7) is 4.45. The van der Waals surface area contributed by atoms with Crippen LogP contribution in [0.5, 0.6) is 17.2 Å². The van der Waals surface area contributed by atoms with E-state index in [0.29, 0.717) is 31.6 Å². The molecule has 1 fully saturated rings. The first-order valence-electron chi connectivity index (χ1n) is 13.4. The Labute approximate surface area is 234 Å². The Hall–Kier alpha value is -3.70. The lowest BCUT2D eigenvalue weighted by Crippen LogP contribution is -2.46. The molecule has 0 radical (unpaired) electrons. The average molecular weight is 559 g/mol. The van der Waals surface area contributed by atoms with Gasteiger partial charge in [-0.1, -0.05) is 25.1 Å². The van der Waals surface area contributed by atoms with Gasteiger partial charge in [-0.2, -0.15) is 0 Å². The Bertz CT molecular complexity index is 1110. The van der Waals surface area contributed by atoms with Crippen molar-refractivity contribution in [3.8, 4) is 17.2 Å². The maximum atomic E-state index is 13.3. The van der Waals surface area contributed by atoms with E-state index in [-0.39, 0.29) is 36.3 Å². The van der Waals surface area contributed by atoms with Gasteiger partial charge in [0.15, 0.2) is 17.5 Å². The van der Waals surface area contributed by atoms with Crippen molar-refractivity contribution < 1.29 is 42.8 Å². The molecule has 1 aromatic heterocycles. The first-order valence-corrected chi connectivity index (χ1v) is 13.4. The van der Waals surface area contributed by atoms with Gasteiger partial charge in [-0.05, 0) is 44.7 Å². The number of ether oxygens (including phenoxy) is 6. The van der Waals surface area contributed by atoms with Gasteiger partial charge in [0.2, 0.25) is 5.75 Å². The molecule has 1 aromatic carbocycles. The summed E-state index contributed by atoms with van der Waals surface area (Å²) in [5.74, 6) is -1.30. The summed E-state index contributed by atoms with van der Waals surface area (Å²) in [5.41, 5.74) is -0.194. The van der Waals surface area contributed by atoms with Crippen molar-refractivity contribution in [3.05, 3.63) is 48.3 Å². The summed E-state index contributed by atoms with van der Waals surface area (Å²) in [5, 5.41) is 2.70. The average Bonchev–Trinajstić information content (AvgIpc) is 3.00. The fraction of sp³-hybridized carbons (Fsp3) is 0.517. The largest absolute Gasteiger partial charge is 0.493 e. The molecule has 3 rings (SSSR count). The lowest BCUT2D eigenvalue weighted by Gasteiger charge is -2.31. The summed E-state index contributed by atoms with van der Waals surface area (Å²) in [4.78, 5) is 42.9. The maximum absolute atomic E-state index is 13.3. The van der Waals surface area contributed by atoms with Crippen LogP contribution in [-0.4, -0.2) is 74.6 Å². The minimum absolute atomic E-state index is 0.0318. The number of cyclic esters (lactones) is 1. The van der Waals surface area contributed by atoms with Gasteiger partial charge in [-0.15, -0.1) is 0 Å². The van der Waals surface area contributed by atoms with E-state index in [1.807, 2.05) is 37.3 Å². The minimum atomic E-state index is -0.970. The second kappa shape index (κ2) is 15.8. The number of nitrogens with one attached hydrogen (secondary N) is 1. The van der Waals surface area contributed by atoms with Crippen LogP contribution in [0.4, 0.5) is 0 Å². The molecule has 2 aromatic rings. The molecule has 0 spiro atoms. The maximum Gasteiger partial charge on any atom is 0.329 e. The van der Waals surface area contributed by atoms with Gasteiger partial charge < -0.3 is 33.7 Å². The number of esters is 2. The molecule has 1 aliphatic rings. The third-order valence-corrected chi connectivity index (χ3v) is 6.28. The van der Waals surface area contributed by atoms with Crippen molar-refractivity contribution in [2.24, 2.45) is 0 Å². The molecule has 1 saturated heterocycles. The van der Waals surface area contributed by atoms with Crippen LogP contribution in [-0.2, 0) is 23.8 Å². The highest BCUT2D eigenvalue weighted by atomic mass is 16.6. The van der Waals surface area contributed by atoms with E-state index < -0.39 is 36.1 Å². The number of carbonyl (C=O) groups excluding carboxylic acids is 3. The zero-order valence-corrected chi connectivity index (χ0v) is 23.4. The van der Waals surface area contributed by atoms with E-state index in [0.717, 1.165) is 6.42 Å². The zero-order valence-electron chi connectivity index (χ0n) is 23.4. The number of nitrogens with zero attached hydrogens (tertiary/aromatic N) is 1. The molecule has 2 heterocycles. The van der Waals surface area contributed by atoms with Crippen LogP contribution in [0.15, 0.2) is 42.6 Å². The predicted molar refractivity (Wildman–Crippen MR) is 144 cm³/mol. The normalized spacial score (nSPS) is 21.2. The Balaban J connectivity index is 1.79. The van der Waals surface area contributed by atoms with Crippen LogP contribution in [0.1, 0.15) is 56.4 Å². The smallest absolute Gasteiger partial charge is 0.329 e. The van der Waals surface area contributed by atoms with E-state index in [2.05, 4.69) is 10.3 Å². The second-order valence-corrected chi connectivity index (χ2v) is 9.31. The zero-order chi connectivity index (χ0) is 28.9. The second-order valence-electron chi connectivity index (χ2n) is 9.31. The van der Waals surface area contributed by atoms with E-state index in [9.17, 15) is 14.4 Å². The van der Waals surface area contributed by atoms with Crippen molar-refractivity contribution in [2.75, 3.05) is 27.4 Å². The molecule has 0 unspecified atom stereocenters. The van der Waals surface area contributed by atoms with Gasteiger partial charge in [0.25, 0.3) is 5.91 Å². The quantitative estimate of drug-likeness (QED) is 0.386. The minimum Gasteiger partial charge on any atom is -0.493 e. The number of pyridine rings is 1. The van der Waals surface area contributed by atoms with Crippen LogP contribution in [0.3, 0.4) is 0 Å². The van der Waals surface area contributed by atoms with Crippen molar-refractivity contribution in [1.82, 2.24) is 10.3 Å². The third-order valence-electron chi connectivity index (χ3n) is 6.28. The Morgan fingerprint density at radius 2 is 1.88 bits per heavy atom. The first kappa shape index (κ1) is 30.8. The topological polar surface area (TPSA) is 132 Å². The van der Waals surface area contributed by atoms with E-state index in [1.54, 1.807) is 6.92 Å². The number of amides is 1. The van der Waals surface area contributed by atoms with Gasteiger partial charge >= 0.3 is 11.9 Å². The first-order chi connectivity index (χ1) is 19.4. The Morgan fingerprint density at radius 3 is 2.58 bits per heavy atom. The number of methoxy groups -OCH3 is 2. The van der Waals surface area contributed by atoms with Crippen LogP contribution in [0, 0.1) is 0 Å². The van der Waals surface area contributed by atoms with Crippen LogP contribution in [0.2, 0.25) is 0 Å². The number of rotatable bonds is 12. The van der Waals surface area contributed by atoms with Gasteiger partial charge in [0, 0.05) is 26.0 Å². The fourth-order valence-corrected chi connectivity index (χ4v) is 4.27. The lowest BCUT2D eigenvalue weighted by atomic mass is 10.0. The van der Waals surface area contributed by atoms with Crippen molar-refractivity contribution >= 4 is 17.8 Å². The summed E-state index contributed by atoms with van der Waals surface area (Å²) in [6.07, 6.45) is 2.05. The molecular weight excluding hydrogens is 520 g/mol. The van der Waals surface area contributed by atoms with E-state index in [4.69, 9.17) is 28.4 Å². The molecule has 11 nitrogen and oxygen atoms in total. The van der Waals surface area contributed by atoms with Gasteiger partial charge in [0.05, 0.1) is 26.2 Å². The Kier molecular flexibility index (Phi) is 12.2. The molecule has 4 atom stereocenters. The van der Waals surface area contributed by atoms with E-state index in [1.165, 1.54) is 26.5 Å². The van der Waals surface area contributed by atoms with Gasteiger partial charge in [-0.3, -0.25) is 9.59 Å². The number of hydrogen-bond acceptors (Lipinski definition) is 10. The highest BCUT2D eigenvalue weighted by molar-refractivity contribution is 5.98. The standard InChI is InChI=1S/C29H38N2O9/c1-5-17-37-23-13-9-12-21(29(34)38-19(2)26(23)39-20-10-7-6-8-11-20)31-28(33)25-27(22(36-4)14-16-30-25)40-24(32)15-18-35-3/h6-8,10-11,14,16,19,21,23,26H,5,9,12-13,15,17-18H2,1-4H3,(H,31,33)/t19-,21-,23-,26-/m0/s1. The monoisotopic (exact) mass is 558 g/mol. The molecule has 1 aliphatic heterocycles. The van der Waals surface area contributed by atoms with E-state index >= 15 is 0 Å². The predicted octanol–water partition coefficient (Wildman–Crippen LogP) is 3.49. The summed E-state index contributed by atoms with van der Waals surface area (Å²) in [7, 11) is 2.84. The fourth-order valence-electron chi connectivity index (χ4n) is 4.27. The molecule has 218 valence electrons. The van der Waals surface area contributed by atoms with Crippen molar-refractivity contribution in [1.29, 1.82) is 0 Å². The summed E-state index contributed by atoms with van der Waals surface area (Å²) < 4.78 is 33.7. The highest BCUT2D eigenvalue weighted by Gasteiger charge is 2.37. The number of aromatic nitrogens is 1. The number of benzene rings is 1. The lowest BCUT2D eigenvalue weighted by molar-refractivity contribution is -0.159. The van der Waals surface area contributed by atoms with Crippen LogP contribution < -0.4 is 19.5 Å². The van der Waals surface area contributed by atoms with Gasteiger partial charge in [0.1, 0.15) is 17.9 Å². The molecule has 40 heavy (non-hydrogen) atoms. The molecule has 0 bridgehead atoms. The van der Waals surface area contributed by atoms with Crippen molar-refractivity contribution in [3.63, 3.8) is 0 Å². The number of para-hydroxylation sites is 1. The molecular formula is C29H38N2O9. The Morgan fingerprint density at radius 1 is 1.10 bits per heavy atom. The molecule has 0 aliphatic carbocycles. The van der Waals surface area contributed by atoms with Crippen LogP contribution in [0.25, 0.3) is 0 Å². The van der Waals surface area contributed by atoms with Crippen LogP contribution >= 0.6 is 0 Å².